The van der Waals surface area contributed by atoms with Gasteiger partial charge in [-0.3, -0.25) is 0 Å². The van der Waals surface area contributed by atoms with Gasteiger partial charge in [0.25, 0.3) is 5.89 Å². The molecule has 1 aromatic heterocycles. The van der Waals surface area contributed by atoms with Crippen LogP contribution in [0.3, 0.4) is 0 Å². The largest absolute Gasteiger partial charge is 0.481 e. The van der Waals surface area contributed by atoms with Gasteiger partial charge in [0, 0.05) is 10.6 Å². The van der Waals surface area contributed by atoms with Gasteiger partial charge in [-0.05, 0) is 42.8 Å². The minimum Gasteiger partial charge on any atom is -0.481 e. The highest BCUT2D eigenvalue weighted by Crippen LogP contribution is 2.26. The van der Waals surface area contributed by atoms with Gasteiger partial charge in [-0.25, -0.2) is 0 Å². The van der Waals surface area contributed by atoms with Crippen molar-refractivity contribution < 1.29 is 9.26 Å². The van der Waals surface area contributed by atoms with Crippen molar-refractivity contribution in [2.75, 3.05) is 0 Å². The van der Waals surface area contributed by atoms with E-state index in [1.54, 1.807) is 12.1 Å². The summed E-state index contributed by atoms with van der Waals surface area (Å²) in [5, 5.41) is 4.69. The number of hydrogen-bond acceptors (Lipinski definition) is 4. The van der Waals surface area contributed by atoms with E-state index in [2.05, 4.69) is 10.1 Å². The van der Waals surface area contributed by atoms with Crippen LogP contribution in [0.25, 0.3) is 11.4 Å². The second-order valence-electron chi connectivity index (χ2n) is 4.79. The van der Waals surface area contributed by atoms with Gasteiger partial charge in [0.15, 0.2) is 6.10 Å². The molecule has 1 atom stereocenters. The first kappa shape index (κ1) is 14.6. The number of halogens is 1. The zero-order valence-electron chi connectivity index (χ0n) is 12.1. The van der Waals surface area contributed by atoms with Crippen molar-refractivity contribution in [3.63, 3.8) is 0 Å². The zero-order chi connectivity index (χ0) is 15.4. The minimum absolute atomic E-state index is 0.268. The number of hydrogen-bond donors (Lipinski definition) is 0. The average Bonchev–Trinajstić information content (AvgIpc) is 3.04. The summed E-state index contributed by atoms with van der Waals surface area (Å²) in [6.07, 6.45) is 0.466. The smallest absolute Gasteiger partial charge is 0.268 e. The lowest BCUT2D eigenvalue weighted by Gasteiger charge is -2.13. The molecule has 0 saturated heterocycles. The van der Waals surface area contributed by atoms with Gasteiger partial charge in [-0.15, -0.1) is 0 Å². The summed E-state index contributed by atoms with van der Waals surface area (Å²) in [6, 6.07) is 16.9. The first-order valence-electron chi connectivity index (χ1n) is 7.07. The Balaban J connectivity index is 1.80. The van der Waals surface area contributed by atoms with Crippen LogP contribution in [-0.4, -0.2) is 10.1 Å². The molecule has 0 aliphatic heterocycles. The van der Waals surface area contributed by atoms with Crippen molar-refractivity contribution in [2.45, 2.75) is 19.4 Å². The summed E-state index contributed by atoms with van der Waals surface area (Å²) >= 11 is 5.88. The molecule has 0 aliphatic rings. The van der Waals surface area contributed by atoms with Crippen LogP contribution in [0.15, 0.2) is 59.1 Å². The Morgan fingerprint density at radius 2 is 1.82 bits per heavy atom. The third-order valence-corrected chi connectivity index (χ3v) is 3.46. The van der Waals surface area contributed by atoms with Gasteiger partial charge in [0.1, 0.15) is 5.75 Å². The first-order valence-corrected chi connectivity index (χ1v) is 7.45. The molecule has 0 aliphatic carbocycles. The first-order chi connectivity index (χ1) is 10.8. The number of para-hydroxylation sites is 1. The fraction of sp³-hybridized carbons (Fsp3) is 0.176. The molecule has 1 heterocycles. The molecule has 0 N–H and O–H groups in total. The van der Waals surface area contributed by atoms with Crippen LogP contribution in [0.2, 0.25) is 5.02 Å². The second-order valence-corrected chi connectivity index (χ2v) is 5.23. The maximum atomic E-state index is 5.90. The standard InChI is InChI=1S/C17H15ClN2O2/c1-2-15(21-14-6-4-3-5-7-14)17-19-16(20-22-17)12-8-10-13(18)11-9-12/h3-11,15H,2H2,1H3. The topological polar surface area (TPSA) is 48.2 Å². The summed E-state index contributed by atoms with van der Waals surface area (Å²) in [7, 11) is 0. The lowest BCUT2D eigenvalue weighted by atomic mass is 10.2. The highest BCUT2D eigenvalue weighted by molar-refractivity contribution is 6.30. The van der Waals surface area contributed by atoms with E-state index in [0.29, 0.717) is 16.7 Å². The van der Waals surface area contributed by atoms with Crippen LogP contribution in [0.1, 0.15) is 25.3 Å². The number of benzene rings is 2. The van der Waals surface area contributed by atoms with Crippen LogP contribution in [0.4, 0.5) is 0 Å². The van der Waals surface area contributed by atoms with Crippen molar-refractivity contribution in [3.05, 3.63) is 65.5 Å². The van der Waals surface area contributed by atoms with E-state index in [1.165, 1.54) is 0 Å². The number of rotatable bonds is 5. The van der Waals surface area contributed by atoms with Gasteiger partial charge in [0.05, 0.1) is 0 Å². The highest BCUT2D eigenvalue weighted by atomic mass is 35.5. The van der Waals surface area contributed by atoms with Crippen molar-refractivity contribution in [3.8, 4) is 17.1 Å². The molecule has 1 unspecified atom stereocenters. The molecular formula is C17H15ClN2O2. The Labute approximate surface area is 133 Å². The second kappa shape index (κ2) is 6.62. The van der Waals surface area contributed by atoms with Gasteiger partial charge >= 0.3 is 0 Å². The predicted molar refractivity (Wildman–Crippen MR) is 84.8 cm³/mol. The van der Waals surface area contributed by atoms with Crippen LogP contribution in [0.5, 0.6) is 5.75 Å². The van der Waals surface area contributed by atoms with E-state index in [0.717, 1.165) is 17.7 Å². The van der Waals surface area contributed by atoms with Crippen LogP contribution in [0, 0.1) is 0 Å². The predicted octanol–water partition coefficient (Wildman–Crippen LogP) is 4.92. The summed E-state index contributed by atoms with van der Waals surface area (Å²) in [6.45, 7) is 2.01. The van der Waals surface area contributed by atoms with Crippen LogP contribution >= 0.6 is 11.6 Å². The summed E-state index contributed by atoms with van der Waals surface area (Å²) in [4.78, 5) is 4.43. The van der Waals surface area contributed by atoms with Crippen LogP contribution in [-0.2, 0) is 0 Å². The number of ether oxygens (including phenoxy) is 1. The van der Waals surface area contributed by atoms with Gasteiger partial charge in [-0.2, -0.15) is 4.98 Å². The van der Waals surface area contributed by atoms with E-state index in [1.807, 2.05) is 49.4 Å². The normalized spacial score (nSPS) is 12.1. The molecule has 22 heavy (non-hydrogen) atoms. The summed E-state index contributed by atoms with van der Waals surface area (Å²) in [5.41, 5.74) is 0.856. The SMILES string of the molecule is CCC(Oc1ccccc1)c1nc(-c2ccc(Cl)cc2)no1. The van der Waals surface area contributed by atoms with E-state index in [4.69, 9.17) is 20.9 Å². The van der Waals surface area contributed by atoms with E-state index >= 15 is 0 Å². The number of aromatic nitrogens is 2. The monoisotopic (exact) mass is 314 g/mol. The quantitative estimate of drug-likeness (QED) is 0.670. The molecular weight excluding hydrogens is 300 g/mol. The molecule has 0 bridgehead atoms. The average molecular weight is 315 g/mol. The van der Waals surface area contributed by atoms with Gasteiger partial charge < -0.3 is 9.26 Å². The van der Waals surface area contributed by atoms with Crippen molar-refractivity contribution in [1.82, 2.24) is 10.1 Å². The van der Waals surface area contributed by atoms with Crippen molar-refractivity contribution >= 4 is 11.6 Å². The fourth-order valence-electron chi connectivity index (χ4n) is 2.05. The van der Waals surface area contributed by atoms with Gasteiger partial charge in [0.2, 0.25) is 5.82 Å². The molecule has 0 spiro atoms. The van der Waals surface area contributed by atoms with Gasteiger partial charge in [-0.1, -0.05) is 41.9 Å². The summed E-state index contributed by atoms with van der Waals surface area (Å²) < 4.78 is 11.3. The Morgan fingerprint density at radius 1 is 1.09 bits per heavy atom. The zero-order valence-corrected chi connectivity index (χ0v) is 12.8. The highest BCUT2D eigenvalue weighted by Gasteiger charge is 2.19. The minimum atomic E-state index is -0.268. The Morgan fingerprint density at radius 3 is 2.50 bits per heavy atom. The molecule has 3 rings (SSSR count). The maximum absolute atomic E-state index is 5.90. The fourth-order valence-corrected chi connectivity index (χ4v) is 2.18. The Hall–Kier alpha value is -2.33. The molecule has 4 nitrogen and oxygen atoms in total. The molecule has 0 fully saturated rings. The Bertz CT molecular complexity index is 726. The van der Waals surface area contributed by atoms with Crippen molar-refractivity contribution in [2.24, 2.45) is 0 Å². The van der Waals surface area contributed by atoms with Crippen LogP contribution < -0.4 is 4.74 Å². The molecule has 112 valence electrons. The molecule has 0 amide bonds. The molecule has 3 aromatic rings. The molecule has 5 heteroatoms. The molecule has 0 radical (unpaired) electrons. The molecule has 2 aromatic carbocycles. The Kier molecular flexibility index (Phi) is 4.39. The van der Waals surface area contributed by atoms with E-state index < -0.39 is 0 Å². The van der Waals surface area contributed by atoms with Crippen molar-refractivity contribution in [1.29, 1.82) is 0 Å². The lowest BCUT2D eigenvalue weighted by Crippen LogP contribution is -2.06. The van der Waals surface area contributed by atoms with E-state index in [-0.39, 0.29) is 6.10 Å². The molecule has 0 saturated carbocycles. The third kappa shape index (κ3) is 3.28. The maximum Gasteiger partial charge on any atom is 0.268 e. The lowest BCUT2D eigenvalue weighted by molar-refractivity contribution is 0.154. The summed E-state index contributed by atoms with van der Waals surface area (Å²) in [5.74, 6) is 1.78. The van der Waals surface area contributed by atoms with E-state index in [9.17, 15) is 0 Å². The number of nitrogens with zero attached hydrogens (tertiary/aromatic N) is 2. The third-order valence-electron chi connectivity index (χ3n) is 3.21.